The van der Waals surface area contributed by atoms with Gasteiger partial charge in [-0.05, 0) is 25.3 Å². The first kappa shape index (κ1) is 12.9. The van der Waals surface area contributed by atoms with Crippen molar-refractivity contribution in [1.29, 1.82) is 0 Å². The van der Waals surface area contributed by atoms with Crippen molar-refractivity contribution in [2.45, 2.75) is 32.6 Å². The number of aliphatic hydroxyl groups is 1. The van der Waals surface area contributed by atoms with Crippen molar-refractivity contribution in [1.82, 2.24) is 4.90 Å². The number of unbranched alkanes of at least 4 members (excludes halogenated alkanes) is 1. The third-order valence-corrected chi connectivity index (χ3v) is 3.28. The van der Waals surface area contributed by atoms with Crippen molar-refractivity contribution < 1.29 is 9.84 Å². The van der Waals surface area contributed by atoms with Crippen LogP contribution in [0.1, 0.15) is 32.6 Å². The van der Waals surface area contributed by atoms with E-state index >= 15 is 0 Å². The van der Waals surface area contributed by atoms with E-state index in [1.165, 1.54) is 25.8 Å². The Labute approximate surface area is 93.4 Å². The van der Waals surface area contributed by atoms with Gasteiger partial charge in [0.15, 0.2) is 0 Å². The van der Waals surface area contributed by atoms with Crippen LogP contribution in [0.4, 0.5) is 0 Å². The molecule has 1 N–H and O–H groups in total. The third-order valence-electron chi connectivity index (χ3n) is 3.28. The lowest BCUT2D eigenvalue weighted by atomic mass is 10.0. The van der Waals surface area contributed by atoms with Gasteiger partial charge in [-0.1, -0.05) is 19.8 Å². The average molecular weight is 215 g/mol. The van der Waals surface area contributed by atoms with Crippen LogP contribution in [0, 0.1) is 5.92 Å². The van der Waals surface area contributed by atoms with Gasteiger partial charge in [-0.25, -0.2) is 0 Å². The van der Waals surface area contributed by atoms with Gasteiger partial charge >= 0.3 is 0 Å². The fraction of sp³-hybridized carbons (Fsp3) is 1.00. The predicted octanol–water partition coefficient (Wildman–Crippen LogP) is 1.51. The van der Waals surface area contributed by atoms with Crippen LogP contribution in [-0.2, 0) is 4.74 Å². The average Bonchev–Trinajstić information content (AvgIpc) is 2.31. The van der Waals surface area contributed by atoms with Crippen LogP contribution in [0.2, 0.25) is 0 Å². The minimum absolute atomic E-state index is 0.355. The lowest BCUT2D eigenvalue weighted by Gasteiger charge is -2.26. The van der Waals surface area contributed by atoms with E-state index in [0.717, 1.165) is 32.7 Å². The van der Waals surface area contributed by atoms with Gasteiger partial charge < -0.3 is 9.84 Å². The molecule has 3 heteroatoms. The summed E-state index contributed by atoms with van der Waals surface area (Å²) in [6.45, 7) is 7.69. The van der Waals surface area contributed by atoms with Gasteiger partial charge in [0, 0.05) is 19.7 Å². The fourth-order valence-corrected chi connectivity index (χ4v) is 2.02. The summed E-state index contributed by atoms with van der Waals surface area (Å²) >= 11 is 0. The molecule has 0 bridgehead atoms. The molecular formula is C12H25NO2. The number of morpholine rings is 1. The number of rotatable bonds is 7. The number of aliphatic hydroxyl groups excluding tert-OH is 1. The summed E-state index contributed by atoms with van der Waals surface area (Å²) in [4.78, 5) is 2.48. The van der Waals surface area contributed by atoms with Crippen molar-refractivity contribution in [2.24, 2.45) is 5.92 Å². The molecule has 0 spiro atoms. The Hall–Kier alpha value is -0.120. The van der Waals surface area contributed by atoms with Gasteiger partial charge in [0.1, 0.15) is 0 Å². The smallest absolute Gasteiger partial charge is 0.0594 e. The van der Waals surface area contributed by atoms with E-state index in [0.29, 0.717) is 12.5 Å². The zero-order valence-electron chi connectivity index (χ0n) is 9.95. The maximum atomic E-state index is 9.05. The van der Waals surface area contributed by atoms with E-state index in [4.69, 9.17) is 9.84 Å². The molecule has 1 fully saturated rings. The van der Waals surface area contributed by atoms with Gasteiger partial charge in [0.2, 0.25) is 0 Å². The van der Waals surface area contributed by atoms with E-state index in [9.17, 15) is 0 Å². The Morgan fingerprint density at radius 1 is 1.27 bits per heavy atom. The molecule has 0 aromatic carbocycles. The molecule has 1 heterocycles. The van der Waals surface area contributed by atoms with E-state index in [2.05, 4.69) is 11.8 Å². The number of nitrogens with zero attached hydrogens (tertiary/aromatic N) is 1. The first-order valence-corrected chi connectivity index (χ1v) is 6.27. The minimum Gasteiger partial charge on any atom is -0.396 e. The predicted molar refractivity (Wildman–Crippen MR) is 62.0 cm³/mol. The van der Waals surface area contributed by atoms with Gasteiger partial charge in [-0.15, -0.1) is 0 Å². The maximum absolute atomic E-state index is 9.05. The maximum Gasteiger partial charge on any atom is 0.0594 e. The van der Waals surface area contributed by atoms with Crippen LogP contribution in [0.3, 0.4) is 0 Å². The summed E-state index contributed by atoms with van der Waals surface area (Å²) in [5.41, 5.74) is 0. The molecule has 1 aliphatic heterocycles. The van der Waals surface area contributed by atoms with Crippen LogP contribution in [0.5, 0.6) is 0 Å². The second kappa shape index (κ2) is 8.08. The molecule has 1 saturated heterocycles. The SMILES string of the molecule is CCC(CO)CCCCN1CCOCC1. The molecule has 1 rings (SSSR count). The molecule has 0 radical (unpaired) electrons. The molecule has 1 aliphatic rings. The summed E-state index contributed by atoms with van der Waals surface area (Å²) in [5, 5.41) is 9.05. The summed E-state index contributed by atoms with van der Waals surface area (Å²) in [5.74, 6) is 0.523. The van der Waals surface area contributed by atoms with E-state index in [-0.39, 0.29) is 0 Å². The quantitative estimate of drug-likeness (QED) is 0.653. The standard InChI is InChI=1S/C12H25NO2/c1-2-12(11-14)5-3-4-6-13-7-9-15-10-8-13/h12,14H,2-11H2,1H3. The molecule has 0 saturated carbocycles. The van der Waals surface area contributed by atoms with Gasteiger partial charge in [0.25, 0.3) is 0 Å². The lowest BCUT2D eigenvalue weighted by molar-refractivity contribution is 0.0369. The van der Waals surface area contributed by atoms with E-state index in [1.807, 2.05) is 0 Å². The zero-order valence-corrected chi connectivity index (χ0v) is 9.95. The monoisotopic (exact) mass is 215 g/mol. The third kappa shape index (κ3) is 5.50. The van der Waals surface area contributed by atoms with Crippen molar-refractivity contribution in [3.8, 4) is 0 Å². The summed E-state index contributed by atoms with van der Waals surface area (Å²) in [7, 11) is 0. The first-order chi connectivity index (χ1) is 7.36. The van der Waals surface area contributed by atoms with Crippen molar-refractivity contribution >= 4 is 0 Å². The van der Waals surface area contributed by atoms with Crippen LogP contribution in [0.15, 0.2) is 0 Å². The van der Waals surface area contributed by atoms with Crippen LogP contribution in [-0.4, -0.2) is 49.5 Å². The Kier molecular flexibility index (Phi) is 6.98. The van der Waals surface area contributed by atoms with E-state index < -0.39 is 0 Å². The molecule has 15 heavy (non-hydrogen) atoms. The topological polar surface area (TPSA) is 32.7 Å². The lowest BCUT2D eigenvalue weighted by Crippen LogP contribution is -2.36. The molecular weight excluding hydrogens is 190 g/mol. The summed E-state index contributed by atoms with van der Waals surface area (Å²) in [6.07, 6.45) is 4.79. The highest BCUT2D eigenvalue weighted by Crippen LogP contribution is 2.12. The largest absolute Gasteiger partial charge is 0.396 e. The fourth-order valence-electron chi connectivity index (χ4n) is 2.02. The second-order valence-electron chi connectivity index (χ2n) is 4.41. The summed E-state index contributed by atoms with van der Waals surface area (Å²) in [6, 6.07) is 0. The Morgan fingerprint density at radius 2 is 2.00 bits per heavy atom. The van der Waals surface area contributed by atoms with Crippen molar-refractivity contribution in [3.63, 3.8) is 0 Å². The van der Waals surface area contributed by atoms with Crippen LogP contribution >= 0.6 is 0 Å². The van der Waals surface area contributed by atoms with Crippen LogP contribution in [0.25, 0.3) is 0 Å². The Balaban J connectivity index is 1.95. The first-order valence-electron chi connectivity index (χ1n) is 6.27. The molecule has 0 amide bonds. The molecule has 1 atom stereocenters. The highest BCUT2D eigenvalue weighted by molar-refractivity contribution is 4.62. The molecule has 0 aliphatic carbocycles. The molecule has 90 valence electrons. The number of ether oxygens (including phenoxy) is 1. The highest BCUT2D eigenvalue weighted by Gasteiger charge is 2.10. The Morgan fingerprint density at radius 3 is 2.60 bits per heavy atom. The highest BCUT2D eigenvalue weighted by atomic mass is 16.5. The number of hydrogen-bond donors (Lipinski definition) is 1. The summed E-state index contributed by atoms with van der Waals surface area (Å²) < 4.78 is 5.30. The minimum atomic E-state index is 0.355. The molecule has 3 nitrogen and oxygen atoms in total. The van der Waals surface area contributed by atoms with Crippen LogP contribution < -0.4 is 0 Å². The molecule has 0 aromatic heterocycles. The second-order valence-corrected chi connectivity index (χ2v) is 4.41. The van der Waals surface area contributed by atoms with Gasteiger partial charge in [0.05, 0.1) is 13.2 Å². The molecule has 0 aromatic rings. The van der Waals surface area contributed by atoms with Gasteiger partial charge in [-0.2, -0.15) is 0 Å². The van der Waals surface area contributed by atoms with Gasteiger partial charge in [-0.3, -0.25) is 4.90 Å². The number of hydrogen-bond acceptors (Lipinski definition) is 3. The zero-order chi connectivity index (χ0) is 10.9. The van der Waals surface area contributed by atoms with Crippen molar-refractivity contribution in [2.75, 3.05) is 39.5 Å². The van der Waals surface area contributed by atoms with Crippen molar-refractivity contribution in [3.05, 3.63) is 0 Å². The normalized spacial score (nSPS) is 20.4. The Bertz CT molecular complexity index is 143. The molecule has 1 unspecified atom stereocenters. The van der Waals surface area contributed by atoms with E-state index in [1.54, 1.807) is 0 Å².